The van der Waals surface area contributed by atoms with E-state index < -0.39 is 28.8 Å². The first-order chi connectivity index (χ1) is 14.8. The Kier molecular flexibility index (Phi) is 5.51. The third-order valence-electron chi connectivity index (χ3n) is 4.84. The largest absolute Gasteiger partial charge is 0.347 e. The van der Waals surface area contributed by atoms with Crippen LogP contribution in [-0.2, 0) is 13.1 Å². The van der Waals surface area contributed by atoms with Gasteiger partial charge in [0.25, 0.3) is 11.5 Å². The maximum atomic E-state index is 13.3. The Balaban J connectivity index is 1.64. The van der Waals surface area contributed by atoms with Crippen molar-refractivity contribution in [2.24, 2.45) is 0 Å². The molecule has 9 heteroatoms. The van der Waals surface area contributed by atoms with Crippen LogP contribution in [0.15, 0.2) is 64.3 Å². The van der Waals surface area contributed by atoms with Gasteiger partial charge in [-0.25, -0.2) is 13.6 Å². The van der Waals surface area contributed by atoms with Gasteiger partial charge < -0.3 is 5.32 Å². The molecule has 158 valence electrons. The van der Waals surface area contributed by atoms with Crippen molar-refractivity contribution in [1.29, 1.82) is 0 Å². The molecule has 0 aliphatic rings. The molecule has 31 heavy (non-hydrogen) atoms. The minimum atomic E-state index is -0.998. The van der Waals surface area contributed by atoms with Crippen molar-refractivity contribution in [3.8, 4) is 0 Å². The maximum Gasteiger partial charge on any atom is 0.336 e. The normalized spacial score (nSPS) is 11.1. The van der Waals surface area contributed by atoms with Crippen LogP contribution in [0.3, 0.4) is 0 Å². The number of thiazole rings is 1. The SMILES string of the molecule is Cc1c(=O)n(Cc2ccccc2)c(=O)n2cc(C(=O)NCc3ccc(F)c(F)c3)sc12. The van der Waals surface area contributed by atoms with Crippen LogP contribution in [0, 0.1) is 18.6 Å². The molecular weight excluding hydrogens is 424 g/mol. The third-order valence-corrected chi connectivity index (χ3v) is 6.05. The van der Waals surface area contributed by atoms with Crippen molar-refractivity contribution in [3.05, 3.63) is 109 Å². The first-order valence-corrected chi connectivity index (χ1v) is 10.2. The quantitative estimate of drug-likeness (QED) is 0.517. The van der Waals surface area contributed by atoms with Crippen LogP contribution in [0.2, 0.25) is 0 Å². The number of nitrogens with one attached hydrogen (secondary N) is 1. The lowest BCUT2D eigenvalue weighted by Crippen LogP contribution is -2.38. The predicted molar refractivity (Wildman–Crippen MR) is 114 cm³/mol. The fourth-order valence-electron chi connectivity index (χ4n) is 3.20. The van der Waals surface area contributed by atoms with Gasteiger partial charge in [0, 0.05) is 18.3 Å². The lowest BCUT2D eigenvalue weighted by Gasteiger charge is -2.07. The molecule has 0 unspecified atom stereocenters. The Hall–Kier alpha value is -3.59. The van der Waals surface area contributed by atoms with E-state index in [1.54, 1.807) is 6.92 Å². The van der Waals surface area contributed by atoms with Gasteiger partial charge in [-0.1, -0.05) is 36.4 Å². The Morgan fingerprint density at radius 2 is 1.77 bits per heavy atom. The van der Waals surface area contributed by atoms with Crippen LogP contribution in [0.1, 0.15) is 26.4 Å². The van der Waals surface area contributed by atoms with E-state index in [9.17, 15) is 23.2 Å². The van der Waals surface area contributed by atoms with Crippen LogP contribution >= 0.6 is 11.3 Å². The van der Waals surface area contributed by atoms with Gasteiger partial charge >= 0.3 is 5.69 Å². The Morgan fingerprint density at radius 3 is 2.48 bits per heavy atom. The number of hydrogen-bond donors (Lipinski definition) is 1. The zero-order valence-electron chi connectivity index (χ0n) is 16.4. The van der Waals surface area contributed by atoms with E-state index in [4.69, 9.17) is 0 Å². The number of benzene rings is 2. The summed E-state index contributed by atoms with van der Waals surface area (Å²) in [7, 11) is 0. The third kappa shape index (κ3) is 4.04. The summed E-state index contributed by atoms with van der Waals surface area (Å²) in [5.41, 5.74) is 0.611. The minimum Gasteiger partial charge on any atom is -0.347 e. The maximum absolute atomic E-state index is 13.3. The first kappa shape index (κ1) is 20.7. The summed E-state index contributed by atoms with van der Waals surface area (Å²) in [5, 5.41) is 2.61. The first-order valence-electron chi connectivity index (χ1n) is 9.37. The van der Waals surface area contributed by atoms with Crippen molar-refractivity contribution in [2.45, 2.75) is 20.0 Å². The summed E-state index contributed by atoms with van der Waals surface area (Å²) in [6.07, 6.45) is 1.39. The number of nitrogens with zero attached hydrogens (tertiary/aromatic N) is 2. The molecule has 1 N–H and O–H groups in total. The van der Waals surface area contributed by atoms with E-state index >= 15 is 0 Å². The van der Waals surface area contributed by atoms with Crippen LogP contribution in [0.5, 0.6) is 0 Å². The number of halogens is 2. The number of hydrogen-bond acceptors (Lipinski definition) is 4. The molecule has 6 nitrogen and oxygen atoms in total. The highest BCUT2D eigenvalue weighted by Gasteiger charge is 2.17. The van der Waals surface area contributed by atoms with E-state index in [0.717, 1.165) is 33.6 Å². The van der Waals surface area contributed by atoms with Gasteiger partial charge in [-0.3, -0.25) is 18.6 Å². The highest BCUT2D eigenvalue weighted by molar-refractivity contribution is 7.19. The second-order valence-corrected chi connectivity index (χ2v) is 8.02. The van der Waals surface area contributed by atoms with Gasteiger partial charge in [-0.15, -0.1) is 11.3 Å². The monoisotopic (exact) mass is 441 g/mol. The number of rotatable bonds is 5. The van der Waals surface area contributed by atoms with Crippen LogP contribution in [-0.4, -0.2) is 14.9 Å². The minimum absolute atomic E-state index is 0.0149. The Morgan fingerprint density at radius 1 is 1.03 bits per heavy atom. The molecule has 0 saturated heterocycles. The van der Waals surface area contributed by atoms with Crippen LogP contribution in [0.25, 0.3) is 4.83 Å². The Bertz CT molecular complexity index is 1410. The van der Waals surface area contributed by atoms with Crippen molar-refractivity contribution < 1.29 is 13.6 Å². The molecule has 0 radical (unpaired) electrons. The highest BCUT2D eigenvalue weighted by Crippen LogP contribution is 2.18. The molecule has 2 aromatic heterocycles. The Labute approximate surface area is 179 Å². The molecule has 2 aromatic carbocycles. The molecule has 0 saturated carbocycles. The summed E-state index contributed by atoms with van der Waals surface area (Å²) in [6.45, 7) is 1.72. The van der Waals surface area contributed by atoms with Crippen molar-refractivity contribution >= 4 is 22.1 Å². The molecule has 2 heterocycles. The molecule has 4 rings (SSSR count). The molecule has 0 atom stereocenters. The van der Waals surface area contributed by atoms with E-state index in [-0.39, 0.29) is 18.0 Å². The number of carbonyl (C=O) groups excluding carboxylic acids is 1. The average molecular weight is 441 g/mol. The summed E-state index contributed by atoms with van der Waals surface area (Å²) < 4.78 is 28.8. The van der Waals surface area contributed by atoms with Gasteiger partial charge in [-0.2, -0.15) is 0 Å². The lowest BCUT2D eigenvalue weighted by atomic mass is 10.2. The molecule has 4 aromatic rings. The van der Waals surface area contributed by atoms with Gasteiger partial charge in [0.2, 0.25) is 0 Å². The van der Waals surface area contributed by atoms with E-state index in [1.807, 2.05) is 30.3 Å². The number of carbonyl (C=O) groups is 1. The van der Waals surface area contributed by atoms with E-state index in [0.29, 0.717) is 16.0 Å². The summed E-state index contributed by atoms with van der Waals surface area (Å²) >= 11 is 1.02. The zero-order chi connectivity index (χ0) is 22.1. The number of amides is 1. The molecule has 0 aliphatic heterocycles. The summed E-state index contributed by atoms with van der Waals surface area (Å²) in [4.78, 5) is 38.8. The molecule has 0 fully saturated rings. The van der Waals surface area contributed by atoms with Crippen molar-refractivity contribution in [1.82, 2.24) is 14.3 Å². The van der Waals surface area contributed by atoms with E-state index in [1.165, 1.54) is 16.7 Å². The zero-order valence-corrected chi connectivity index (χ0v) is 17.2. The smallest absolute Gasteiger partial charge is 0.336 e. The highest BCUT2D eigenvalue weighted by atomic mass is 32.1. The van der Waals surface area contributed by atoms with Gasteiger partial charge in [-0.05, 0) is 30.2 Å². The van der Waals surface area contributed by atoms with Gasteiger partial charge in [0.15, 0.2) is 11.6 Å². The summed E-state index contributed by atoms with van der Waals surface area (Å²) in [6, 6.07) is 12.5. The lowest BCUT2D eigenvalue weighted by molar-refractivity contribution is 0.0954. The van der Waals surface area contributed by atoms with Gasteiger partial charge in [0.1, 0.15) is 9.71 Å². The van der Waals surface area contributed by atoms with Crippen LogP contribution in [0.4, 0.5) is 8.78 Å². The number of aryl methyl sites for hydroxylation is 1. The van der Waals surface area contributed by atoms with Crippen molar-refractivity contribution in [2.75, 3.05) is 0 Å². The summed E-state index contributed by atoms with van der Waals surface area (Å²) in [5.74, 6) is -2.45. The topological polar surface area (TPSA) is 72.6 Å². The van der Waals surface area contributed by atoms with Crippen molar-refractivity contribution in [3.63, 3.8) is 0 Å². The van der Waals surface area contributed by atoms with E-state index in [2.05, 4.69) is 5.32 Å². The fraction of sp³-hybridized carbons (Fsp3) is 0.136. The molecule has 0 spiro atoms. The molecular formula is C22H17F2N3O3S. The molecule has 0 bridgehead atoms. The predicted octanol–water partition coefficient (Wildman–Crippen LogP) is 3.09. The number of fused-ring (bicyclic) bond motifs is 1. The van der Waals surface area contributed by atoms with Gasteiger partial charge in [0.05, 0.1) is 6.54 Å². The van der Waals surface area contributed by atoms with Crippen LogP contribution < -0.4 is 16.6 Å². The molecule has 1 amide bonds. The average Bonchev–Trinajstić information content (AvgIpc) is 3.22. The second kappa shape index (κ2) is 8.27. The second-order valence-electron chi connectivity index (χ2n) is 6.99. The molecule has 0 aliphatic carbocycles. The fourth-order valence-corrected chi connectivity index (χ4v) is 4.20. The number of aromatic nitrogens is 2. The standard InChI is InChI=1S/C22H17F2N3O3S/c1-13-20(29)26(11-14-5-3-2-4-6-14)22(30)27-12-18(31-21(13)27)19(28)25-10-15-7-8-16(23)17(24)9-15/h2-9,12H,10-11H2,1H3,(H,25,28).